The first kappa shape index (κ1) is 13.4. The molecule has 0 fully saturated rings. The van der Waals surface area contributed by atoms with E-state index < -0.39 is 0 Å². The van der Waals surface area contributed by atoms with Crippen molar-refractivity contribution in [3.8, 4) is 0 Å². The molecule has 0 amide bonds. The van der Waals surface area contributed by atoms with Gasteiger partial charge in [0.15, 0.2) is 0 Å². The van der Waals surface area contributed by atoms with Crippen LogP contribution in [0.15, 0.2) is 54.9 Å². The first-order valence-corrected chi connectivity index (χ1v) is 7.22. The van der Waals surface area contributed by atoms with Crippen molar-refractivity contribution in [1.29, 1.82) is 0 Å². The first-order valence-electron chi connectivity index (χ1n) is 7.22. The van der Waals surface area contributed by atoms with E-state index in [1.165, 1.54) is 11.1 Å². The Balaban J connectivity index is 1.91. The van der Waals surface area contributed by atoms with Gasteiger partial charge in [0.1, 0.15) is 0 Å². The van der Waals surface area contributed by atoms with Crippen molar-refractivity contribution < 1.29 is 0 Å². The standard InChI is InChI=1S/C18H19N3/c1-2-13-5-3-4-6-14(13)11-21-18-8-7-17(19)15-9-10-20-12-16(15)18/h3-10,12,21H,2,11,19H2,1H3. The lowest BCUT2D eigenvalue weighted by atomic mass is 10.0. The van der Waals surface area contributed by atoms with Crippen LogP contribution in [0.2, 0.25) is 0 Å². The van der Waals surface area contributed by atoms with Crippen molar-refractivity contribution in [2.45, 2.75) is 19.9 Å². The van der Waals surface area contributed by atoms with Gasteiger partial charge < -0.3 is 11.1 Å². The Kier molecular flexibility index (Phi) is 3.73. The van der Waals surface area contributed by atoms with E-state index in [1.807, 2.05) is 24.4 Å². The van der Waals surface area contributed by atoms with E-state index >= 15 is 0 Å². The molecule has 3 rings (SSSR count). The second-order valence-electron chi connectivity index (χ2n) is 5.10. The van der Waals surface area contributed by atoms with Gasteiger partial charge in [0.2, 0.25) is 0 Å². The molecule has 0 aliphatic heterocycles. The molecule has 0 atom stereocenters. The van der Waals surface area contributed by atoms with E-state index in [0.29, 0.717) is 0 Å². The third-order valence-electron chi connectivity index (χ3n) is 3.82. The second kappa shape index (κ2) is 5.83. The van der Waals surface area contributed by atoms with Crippen molar-refractivity contribution in [2.24, 2.45) is 0 Å². The number of nitrogens with one attached hydrogen (secondary N) is 1. The van der Waals surface area contributed by atoms with E-state index in [9.17, 15) is 0 Å². The van der Waals surface area contributed by atoms with Crippen molar-refractivity contribution >= 4 is 22.1 Å². The minimum atomic E-state index is 0.784. The summed E-state index contributed by atoms with van der Waals surface area (Å²) in [5, 5.41) is 5.61. The normalized spacial score (nSPS) is 10.7. The molecule has 0 spiro atoms. The van der Waals surface area contributed by atoms with E-state index in [-0.39, 0.29) is 0 Å². The Bertz CT molecular complexity index is 765. The average Bonchev–Trinajstić information content (AvgIpc) is 2.55. The molecule has 0 aliphatic carbocycles. The third kappa shape index (κ3) is 2.68. The van der Waals surface area contributed by atoms with Crippen LogP contribution in [0.5, 0.6) is 0 Å². The number of hydrogen-bond acceptors (Lipinski definition) is 3. The maximum atomic E-state index is 6.02. The zero-order valence-corrected chi connectivity index (χ0v) is 12.1. The summed E-state index contributed by atoms with van der Waals surface area (Å²) in [6.45, 7) is 2.99. The number of nitrogen functional groups attached to an aromatic ring is 1. The molecule has 21 heavy (non-hydrogen) atoms. The molecule has 3 aromatic rings. The molecule has 0 unspecified atom stereocenters. The maximum absolute atomic E-state index is 6.02. The van der Waals surface area contributed by atoms with E-state index in [1.54, 1.807) is 6.20 Å². The molecule has 0 saturated heterocycles. The number of fused-ring (bicyclic) bond motifs is 1. The minimum Gasteiger partial charge on any atom is -0.398 e. The smallest absolute Gasteiger partial charge is 0.0439 e. The zero-order valence-electron chi connectivity index (χ0n) is 12.1. The number of benzene rings is 2. The largest absolute Gasteiger partial charge is 0.398 e. The van der Waals surface area contributed by atoms with Crippen molar-refractivity contribution in [3.05, 3.63) is 66.0 Å². The topological polar surface area (TPSA) is 50.9 Å². The molecule has 0 aliphatic rings. The third-order valence-corrected chi connectivity index (χ3v) is 3.82. The highest BCUT2D eigenvalue weighted by Crippen LogP contribution is 2.27. The summed E-state index contributed by atoms with van der Waals surface area (Å²) in [5.41, 5.74) is 10.6. The number of nitrogens with two attached hydrogens (primary N) is 1. The molecule has 0 radical (unpaired) electrons. The first-order chi connectivity index (χ1) is 10.3. The zero-order chi connectivity index (χ0) is 14.7. The van der Waals surface area contributed by atoms with Crippen LogP contribution in [0.1, 0.15) is 18.1 Å². The highest BCUT2D eigenvalue weighted by molar-refractivity contribution is 6.00. The number of hydrogen-bond donors (Lipinski definition) is 2. The van der Waals surface area contributed by atoms with Crippen molar-refractivity contribution in [2.75, 3.05) is 11.1 Å². The lowest BCUT2D eigenvalue weighted by Gasteiger charge is -2.13. The van der Waals surface area contributed by atoms with Crippen molar-refractivity contribution in [1.82, 2.24) is 4.98 Å². The highest BCUT2D eigenvalue weighted by Gasteiger charge is 2.05. The number of nitrogens with zero attached hydrogens (tertiary/aromatic N) is 1. The SMILES string of the molecule is CCc1ccccc1CNc1ccc(N)c2ccncc12. The van der Waals surface area contributed by atoms with Gasteiger partial charge in [0, 0.05) is 41.1 Å². The van der Waals surface area contributed by atoms with Crippen LogP contribution in [0.25, 0.3) is 10.8 Å². The summed E-state index contributed by atoms with van der Waals surface area (Å²) >= 11 is 0. The average molecular weight is 277 g/mol. The van der Waals surface area contributed by atoms with Gasteiger partial charge in [-0.05, 0) is 35.7 Å². The van der Waals surface area contributed by atoms with E-state index in [4.69, 9.17) is 5.73 Å². The lowest BCUT2D eigenvalue weighted by Crippen LogP contribution is -2.03. The molecule has 0 bridgehead atoms. The molecule has 0 saturated carbocycles. The van der Waals surface area contributed by atoms with Crippen LogP contribution in [-0.4, -0.2) is 4.98 Å². The van der Waals surface area contributed by atoms with Gasteiger partial charge in [0.05, 0.1) is 0 Å². The Morgan fingerprint density at radius 2 is 1.81 bits per heavy atom. The fraction of sp³-hybridized carbons (Fsp3) is 0.167. The Labute approximate surface area is 124 Å². The summed E-state index contributed by atoms with van der Waals surface area (Å²) in [7, 11) is 0. The fourth-order valence-corrected chi connectivity index (χ4v) is 2.63. The summed E-state index contributed by atoms with van der Waals surface area (Å²) < 4.78 is 0. The molecular weight excluding hydrogens is 258 g/mol. The summed E-state index contributed by atoms with van der Waals surface area (Å²) in [4.78, 5) is 4.21. The second-order valence-corrected chi connectivity index (χ2v) is 5.10. The van der Waals surface area contributed by atoms with E-state index in [0.717, 1.165) is 35.1 Å². The fourth-order valence-electron chi connectivity index (χ4n) is 2.63. The summed E-state index contributed by atoms with van der Waals surface area (Å²) in [5.74, 6) is 0. The molecular formula is C18H19N3. The number of aromatic nitrogens is 1. The number of aryl methyl sites for hydroxylation is 1. The molecule has 106 valence electrons. The van der Waals surface area contributed by atoms with Crippen molar-refractivity contribution in [3.63, 3.8) is 0 Å². The van der Waals surface area contributed by atoms with Crippen LogP contribution in [0, 0.1) is 0 Å². The van der Waals surface area contributed by atoms with E-state index in [2.05, 4.69) is 41.5 Å². The molecule has 3 nitrogen and oxygen atoms in total. The van der Waals surface area contributed by atoms with Gasteiger partial charge in [-0.3, -0.25) is 4.98 Å². The van der Waals surface area contributed by atoms with Crippen LogP contribution in [0.4, 0.5) is 11.4 Å². The van der Waals surface area contributed by atoms with Gasteiger partial charge in [0.25, 0.3) is 0 Å². The van der Waals surface area contributed by atoms with Gasteiger partial charge in [-0.2, -0.15) is 0 Å². The highest BCUT2D eigenvalue weighted by atomic mass is 14.9. The van der Waals surface area contributed by atoms with Gasteiger partial charge >= 0.3 is 0 Å². The summed E-state index contributed by atoms with van der Waals surface area (Å²) in [6, 6.07) is 14.4. The quantitative estimate of drug-likeness (QED) is 0.709. The number of anilines is 2. The molecule has 1 heterocycles. The number of pyridine rings is 1. The Morgan fingerprint density at radius 1 is 1.00 bits per heavy atom. The predicted octanol–water partition coefficient (Wildman–Crippen LogP) is 3.99. The summed E-state index contributed by atoms with van der Waals surface area (Å²) in [6.07, 6.45) is 4.68. The molecule has 2 aromatic carbocycles. The van der Waals surface area contributed by atoms with Gasteiger partial charge in [-0.15, -0.1) is 0 Å². The maximum Gasteiger partial charge on any atom is 0.0439 e. The Hall–Kier alpha value is -2.55. The van der Waals surface area contributed by atoms with Crippen LogP contribution >= 0.6 is 0 Å². The molecule has 3 heteroatoms. The number of rotatable bonds is 4. The molecule has 1 aromatic heterocycles. The minimum absolute atomic E-state index is 0.784. The monoisotopic (exact) mass is 277 g/mol. The molecule has 3 N–H and O–H groups in total. The van der Waals surface area contributed by atoms with Gasteiger partial charge in [-0.1, -0.05) is 31.2 Å². The predicted molar refractivity (Wildman–Crippen MR) is 89.3 cm³/mol. The van der Waals surface area contributed by atoms with Crippen LogP contribution < -0.4 is 11.1 Å². The lowest BCUT2D eigenvalue weighted by molar-refractivity contribution is 1.05. The van der Waals surface area contributed by atoms with Gasteiger partial charge in [-0.25, -0.2) is 0 Å². The van der Waals surface area contributed by atoms with Crippen LogP contribution in [-0.2, 0) is 13.0 Å². The Morgan fingerprint density at radius 3 is 2.62 bits per heavy atom. The van der Waals surface area contributed by atoms with Crippen LogP contribution in [0.3, 0.4) is 0 Å².